The normalized spacial score (nSPS) is 17.6. The number of likely N-dealkylation sites (N-methyl/N-ethyl adjacent to an activating group) is 1. The van der Waals surface area contributed by atoms with Gasteiger partial charge in [-0.1, -0.05) is 12.2 Å². The Hall–Kier alpha value is -0.850. The fourth-order valence-corrected chi connectivity index (χ4v) is 2.68. The van der Waals surface area contributed by atoms with Crippen molar-refractivity contribution in [1.29, 1.82) is 0 Å². The van der Waals surface area contributed by atoms with E-state index in [9.17, 15) is 0 Å². The maximum absolute atomic E-state index is 5.89. The van der Waals surface area contributed by atoms with E-state index in [1.54, 1.807) is 6.26 Å². The second-order valence-electron chi connectivity index (χ2n) is 4.48. The molecule has 4 nitrogen and oxygen atoms in total. The molecule has 3 rings (SSSR count). The van der Waals surface area contributed by atoms with E-state index in [-0.39, 0.29) is 0 Å². The summed E-state index contributed by atoms with van der Waals surface area (Å²) in [6.45, 7) is 3.98. The summed E-state index contributed by atoms with van der Waals surface area (Å²) in [4.78, 5) is 4.52. The Morgan fingerprint density at radius 3 is 2.67 bits per heavy atom. The number of nitrogens with zero attached hydrogens (tertiary/aromatic N) is 2. The molecule has 1 aliphatic rings. The molecular weight excluding hydrogens is 316 g/mol. The van der Waals surface area contributed by atoms with Gasteiger partial charge in [0.25, 0.3) is 0 Å². The van der Waals surface area contributed by atoms with Crippen molar-refractivity contribution in [2.75, 3.05) is 38.1 Å². The zero-order valence-corrected chi connectivity index (χ0v) is 12.4. The van der Waals surface area contributed by atoms with Crippen LogP contribution in [0.1, 0.15) is 0 Å². The highest BCUT2D eigenvalue weighted by molar-refractivity contribution is 9.10. The predicted octanol–water partition coefficient (Wildman–Crippen LogP) is 3.27. The highest BCUT2D eigenvalue weighted by Crippen LogP contribution is 2.31. The van der Waals surface area contributed by atoms with Crippen LogP contribution in [-0.2, 0) is 0 Å². The fraction of sp³-hybridized carbons (Fsp3) is 0.417. The average Bonchev–Trinajstić information content (AvgIpc) is 2.73. The summed E-state index contributed by atoms with van der Waals surface area (Å²) >= 11 is 8.74. The first-order valence-electron chi connectivity index (χ1n) is 5.79. The molecule has 18 heavy (non-hydrogen) atoms. The van der Waals surface area contributed by atoms with Crippen LogP contribution in [0.25, 0.3) is 11.2 Å². The zero-order valence-electron chi connectivity index (χ0n) is 9.98. The van der Waals surface area contributed by atoms with Gasteiger partial charge in [0.05, 0.1) is 8.98 Å². The largest absolute Gasteiger partial charge is 0.458 e. The molecule has 2 aromatic rings. The molecule has 0 unspecified atom stereocenters. The van der Waals surface area contributed by atoms with Gasteiger partial charge in [0.2, 0.25) is 0 Å². The molecule has 0 aliphatic carbocycles. The van der Waals surface area contributed by atoms with Gasteiger partial charge >= 0.3 is 0 Å². The van der Waals surface area contributed by atoms with Crippen LogP contribution in [0.15, 0.2) is 25.6 Å². The second kappa shape index (κ2) is 4.68. The molecule has 3 heterocycles. The number of hydrogen-bond donors (Lipinski definition) is 0. The summed E-state index contributed by atoms with van der Waals surface area (Å²) in [5, 5.41) is 0. The predicted molar refractivity (Wildman–Crippen MR) is 76.7 cm³/mol. The van der Waals surface area contributed by atoms with E-state index in [0.717, 1.165) is 36.5 Å². The number of anilines is 1. The van der Waals surface area contributed by atoms with Crippen molar-refractivity contribution in [3.05, 3.63) is 21.3 Å². The Morgan fingerprint density at radius 2 is 1.94 bits per heavy atom. The monoisotopic (exact) mass is 328 g/mol. The molecular formula is C12H13BrN2O2S. The van der Waals surface area contributed by atoms with Gasteiger partial charge in [-0.05, 0) is 23.0 Å². The van der Waals surface area contributed by atoms with Gasteiger partial charge in [0, 0.05) is 32.2 Å². The van der Waals surface area contributed by atoms with E-state index in [1.807, 2.05) is 6.07 Å². The first-order valence-corrected chi connectivity index (χ1v) is 6.99. The van der Waals surface area contributed by atoms with Crippen LogP contribution in [0.4, 0.5) is 5.88 Å². The van der Waals surface area contributed by atoms with Crippen LogP contribution in [0.5, 0.6) is 0 Å². The summed E-state index contributed by atoms with van der Waals surface area (Å²) < 4.78 is 12.8. The summed E-state index contributed by atoms with van der Waals surface area (Å²) in [7, 11) is 2.13. The fourth-order valence-electron chi connectivity index (χ4n) is 2.09. The van der Waals surface area contributed by atoms with Crippen molar-refractivity contribution in [3.63, 3.8) is 0 Å². The van der Waals surface area contributed by atoms with Gasteiger partial charge in [-0.2, -0.15) is 0 Å². The van der Waals surface area contributed by atoms with Gasteiger partial charge in [0.15, 0.2) is 17.1 Å². The first-order chi connectivity index (χ1) is 8.65. The Balaban J connectivity index is 2.02. The third-order valence-corrected chi connectivity index (χ3v) is 4.05. The molecule has 0 bridgehead atoms. The Labute approximate surface area is 118 Å². The van der Waals surface area contributed by atoms with Gasteiger partial charge in [-0.3, -0.25) is 0 Å². The van der Waals surface area contributed by atoms with Crippen LogP contribution in [-0.4, -0.2) is 38.1 Å². The first kappa shape index (κ1) is 12.2. The van der Waals surface area contributed by atoms with E-state index in [2.05, 4.69) is 32.8 Å². The minimum atomic E-state index is 0.634. The molecule has 2 aromatic heterocycles. The molecule has 0 amide bonds. The van der Waals surface area contributed by atoms with Crippen LogP contribution in [0.2, 0.25) is 0 Å². The molecule has 1 fully saturated rings. The lowest BCUT2D eigenvalue weighted by atomic mass is 10.3. The second-order valence-corrected chi connectivity index (χ2v) is 5.78. The van der Waals surface area contributed by atoms with E-state index in [1.165, 1.54) is 0 Å². The minimum Gasteiger partial charge on any atom is -0.458 e. The average molecular weight is 329 g/mol. The van der Waals surface area contributed by atoms with Gasteiger partial charge in [0.1, 0.15) is 6.26 Å². The molecule has 0 spiro atoms. The van der Waals surface area contributed by atoms with E-state index < -0.39 is 0 Å². The number of fused-ring (bicyclic) bond motifs is 1. The van der Waals surface area contributed by atoms with Gasteiger partial charge in [-0.15, -0.1) is 0 Å². The van der Waals surface area contributed by atoms with E-state index in [4.69, 9.17) is 21.1 Å². The SMILES string of the molecule is CN1CCN(c2cc(=S)c3occ(Br)c3o2)CC1. The van der Waals surface area contributed by atoms with E-state index in [0.29, 0.717) is 15.7 Å². The van der Waals surface area contributed by atoms with Crippen molar-refractivity contribution >= 4 is 45.2 Å². The number of piperazine rings is 1. The van der Waals surface area contributed by atoms with Crippen LogP contribution >= 0.6 is 28.1 Å². The summed E-state index contributed by atoms with van der Waals surface area (Å²) in [6, 6.07) is 1.87. The molecule has 96 valence electrons. The number of hydrogen-bond acceptors (Lipinski definition) is 5. The van der Waals surface area contributed by atoms with Crippen LogP contribution in [0, 0.1) is 4.51 Å². The molecule has 0 atom stereocenters. The van der Waals surface area contributed by atoms with Crippen molar-refractivity contribution in [3.8, 4) is 0 Å². The Bertz CT molecular complexity index is 629. The summed E-state index contributed by atoms with van der Waals surface area (Å²) in [5.74, 6) is 0.822. The van der Waals surface area contributed by atoms with Crippen molar-refractivity contribution < 1.29 is 8.83 Å². The molecule has 0 saturated carbocycles. The zero-order chi connectivity index (χ0) is 12.7. The third kappa shape index (κ3) is 2.08. The van der Waals surface area contributed by atoms with Crippen molar-refractivity contribution in [2.24, 2.45) is 0 Å². The quantitative estimate of drug-likeness (QED) is 0.750. The van der Waals surface area contributed by atoms with Crippen LogP contribution < -0.4 is 4.90 Å². The molecule has 1 saturated heterocycles. The Morgan fingerprint density at radius 1 is 1.22 bits per heavy atom. The lowest BCUT2D eigenvalue weighted by Gasteiger charge is -2.32. The van der Waals surface area contributed by atoms with Gasteiger partial charge in [-0.25, -0.2) is 0 Å². The molecule has 0 radical (unpaired) electrons. The molecule has 6 heteroatoms. The lowest BCUT2D eigenvalue weighted by molar-refractivity contribution is 0.306. The topological polar surface area (TPSA) is 32.8 Å². The highest BCUT2D eigenvalue weighted by atomic mass is 79.9. The highest BCUT2D eigenvalue weighted by Gasteiger charge is 2.18. The number of halogens is 1. The standard InChI is InChI=1S/C12H13BrN2O2S/c1-14-2-4-15(5-3-14)10-6-9(18)12-11(17-10)8(13)7-16-12/h6-7H,2-5H2,1H3. The minimum absolute atomic E-state index is 0.634. The van der Waals surface area contributed by atoms with Gasteiger partial charge < -0.3 is 18.6 Å². The molecule has 0 aromatic carbocycles. The number of rotatable bonds is 1. The number of furan rings is 1. The lowest BCUT2D eigenvalue weighted by Crippen LogP contribution is -2.44. The summed E-state index contributed by atoms with van der Waals surface area (Å²) in [5.41, 5.74) is 1.33. The molecule has 0 N–H and O–H groups in total. The summed E-state index contributed by atoms with van der Waals surface area (Å²) in [6.07, 6.45) is 1.61. The maximum Gasteiger partial charge on any atom is 0.197 e. The Kier molecular flexibility index (Phi) is 3.17. The van der Waals surface area contributed by atoms with Crippen LogP contribution in [0.3, 0.4) is 0 Å². The smallest absolute Gasteiger partial charge is 0.197 e. The maximum atomic E-state index is 5.89. The molecule has 1 aliphatic heterocycles. The van der Waals surface area contributed by atoms with E-state index >= 15 is 0 Å². The third-order valence-electron chi connectivity index (χ3n) is 3.20. The van der Waals surface area contributed by atoms with Crippen molar-refractivity contribution in [1.82, 2.24) is 4.90 Å². The van der Waals surface area contributed by atoms with Crippen molar-refractivity contribution in [2.45, 2.75) is 0 Å².